The monoisotopic (exact) mass is 546 g/mol. The summed E-state index contributed by atoms with van der Waals surface area (Å²) in [6, 6.07) is 4.05. The summed E-state index contributed by atoms with van der Waals surface area (Å²) in [4.78, 5) is 0. The Hall–Kier alpha value is -0.220. The van der Waals surface area contributed by atoms with E-state index in [1.165, 1.54) is 38.5 Å². The van der Waals surface area contributed by atoms with E-state index in [0.717, 1.165) is 58.3 Å². The van der Waals surface area contributed by atoms with E-state index in [2.05, 4.69) is 73.4 Å². The normalized spacial score (nSPS) is 13.7. The molecule has 0 aliphatic carbocycles. The van der Waals surface area contributed by atoms with Crippen LogP contribution in [0.5, 0.6) is 11.5 Å². The predicted molar refractivity (Wildman–Crippen MR) is 138 cm³/mol. The molecule has 2 atom stereocenters. The molecule has 0 aliphatic rings. The quantitative estimate of drug-likeness (QED) is 0.205. The summed E-state index contributed by atoms with van der Waals surface area (Å²) >= 11 is 7.30. The molecule has 0 aliphatic heterocycles. The second kappa shape index (κ2) is 15.6. The molecule has 0 unspecified atom stereocenters. The third-order valence-corrected chi connectivity index (χ3v) is 6.92. The maximum Gasteiger partial charge on any atom is 0.134 e. The van der Waals surface area contributed by atoms with E-state index in [1.54, 1.807) is 0 Å². The van der Waals surface area contributed by atoms with Crippen LogP contribution in [0, 0.1) is 23.7 Å². The lowest BCUT2D eigenvalue weighted by Gasteiger charge is -2.16. The van der Waals surface area contributed by atoms with Gasteiger partial charge in [-0.3, -0.25) is 0 Å². The zero-order valence-corrected chi connectivity index (χ0v) is 23.3. The first-order valence-electron chi connectivity index (χ1n) is 11.9. The molecule has 0 saturated carbocycles. The Bertz CT molecular complexity index is 535. The van der Waals surface area contributed by atoms with Crippen molar-refractivity contribution in [2.24, 2.45) is 23.7 Å². The van der Waals surface area contributed by atoms with E-state index < -0.39 is 0 Å². The maximum absolute atomic E-state index is 6.04. The van der Waals surface area contributed by atoms with Gasteiger partial charge in [-0.15, -0.1) is 0 Å². The fourth-order valence-electron chi connectivity index (χ4n) is 3.51. The third kappa shape index (κ3) is 12.6. The van der Waals surface area contributed by atoms with Gasteiger partial charge in [-0.05, 0) is 80.5 Å². The standard InChI is InChI=1S/C26H44Br2O2/c1-19(2)9-7-11-21(5)13-15-29-25-17-24(28)26(18-23(25)27)30-16-14-22(6)12-8-10-20(3)4/h17-22H,7-16H2,1-6H3/t21-,22-/m0/s1. The summed E-state index contributed by atoms with van der Waals surface area (Å²) in [5.41, 5.74) is 0. The Morgan fingerprint density at radius 1 is 0.600 bits per heavy atom. The van der Waals surface area contributed by atoms with Crippen LogP contribution in [0.15, 0.2) is 21.1 Å². The van der Waals surface area contributed by atoms with Crippen molar-refractivity contribution in [3.8, 4) is 11.5 Å². The van der Waals surface area contributed by atoms with Gasteiger partial charge in [-0.2, -0.15) is 0 Å². The molecule has 30 heavy (non-hydrogen) atoms. The highest BCUT2D eigenvalue weighted by molar-refractivity contribution is 9.11. The van der Waals surface area contributed by atoms with Crippen molar-refractivity contribution in [3.05, 3.63) is 21.1 Å². The van der Waals surface area contributed by atoms with Crippen LogP contribution in [0.4, 0.5) is 0 Å². The van der Waals surface area contributed by atoms with Crippen molar-refractivity contribution in [2.45, 2.75) is 92.9 Å². The molecule has 1 aromatic rings. The zero-order valence-electron chi connectivity index (χ0n) is 20.1. The van der Waals surface area contributed by atoms with E-state index in [-0.39, 0.29) is 0 Å². The molecule has 2 nitrogen and oxygen atoms in total. The molecule has 1 rings (SSSR count). The van der Waals surface area contributed by atoms with Gasteiger partial charge in [0.1, 0.15) is 11.5 Å². The average Bonchev–Trinajstić information content (AvgIpc) is 2.64. The number of hydrogen-bond donors (Lipinski definition) is 0. The van der Waals surface area contributed by atoms with Crippen molar-refractivity contribution in [1.82, 2.24) is 0 Å². The van der Waals surface area contributed by atoms with Crippen molar-refractivity contribution in [1.29, 1.82) is 0 Å². The topological polar surface area (TPSA) is 18.5 Å². The van der Waals surface area contributed by atoms with E-state index in [1.807, 2.05) is 12.1 Å². The van der Waals surface area contributed by atoms with Gasteiger partial charge in [0.05, 0.1) is 22.2 Å². The Morgan fingerprint density at radius 3 is 1.30 bits per heavy atom. The van der Waals surface area contributed by atoms with Gasteiger partial charge in [-0.25, -0.2) is 0 Å². The first kappa shape index (κ1) is 27.8. The molecule has 0 radical (unpaired) electrons. The lowest BCUT2D eigenvalue weighted by molar-refractivity contribution is 0.267. The van der Waals surface area contributed by atoms with Crippen LogP contribution >= 0.6 is 31.9 Å². The van der Waals surface area contributed by atoms with Gasteiger partial charge in [-0.1, -0.05) is 80.1 Å². The van der Waals surface area contributed by atoms with Gasteiger partial charge >= 0.3 is 0 Å². The van der Waals surface area contributed by atoms with Gasteiger partial charge in [0.15, 0.2) is 0 Å². The number of ether oxygens (including phenoxy) is 2. The highest BCUT2D eigenvalue weighted by atomic mass is 79.9. The lowest BCUT2D eigenvalue weighted by Crippen LogP contribution is -2.06. The summed E-state index contributed by atoms with van der Waals surface area (Å²) in [5, 5.41) is 0. The van der Waals surface area contributed by atoms with E-state index in [0.29, 0.717) is 11.8 Å². The number of hydrogen-bond acceptors (Lipinski definition) is 2. The summed E-state index contributed by atoms with van der Waals surface area (Å²) in [5.74, 6) is 4.77. The molecular weight excluding hydrogens is 504 g/mol. The van der Waals surface area contributed by atoms with Gasteiger partial charge in [0.2, 0.25) is 0 Å². The molecule has 0 aromatic heterocycles. The molecule has 1 aromatic carbocycles. The van der Waals surface area contributed by atoms with Crippen molar-refractivity contribution in [2.75, 3.05) is 13.2 Å². The van der Waals surface area contributed by atoms with Crippen LogP contribution in [-0.4, -0.2) is 13.2 Å². The lowest BCUT2D eigenvalue weighted by atomic mass is 9.98. The Kier molecular flexibility index (Phi) is 14.4. The van der Waals surface area contributed by atoms with Gasteiger partial charge < -0.3 is 9.47 Å². The Balaban J connectivity index is 2.37. The van der Waals surface area contributed by atoms with Crippen LogP contribution in [0.2, 0.25) is 0 Å². The first-order valence-corrected chi connectivity index (χ1v) is 13.5. The largest absolute Gasteiger partial charge is 0.492 e. The fraction of sp³-hybridized carbons (Fsp3) is 0.769. The zero-order chi connectivity index (χ0) is 22.5. The molecule has 0 amide bonds. The summed E-state index contributed by atoms with van der Waals surface area (Å²) in [6.45, 7) is 15.3. The maximum atomic E-state index is 6.04. The second-order valence-electron chi connectivity index (χ2n) is 9.85. The molecule has 174 valence electrons. The first-order chi connectivity index (χ1) is 14.2. The number of halogens is 2. The van der Waals surface area contributed by atoms with Crippen molar-refractivity contribution < 1.29 is 9.47 Å². The van der Waals surface area contributed by atoms with Crippen LogP contribution in [0.25, 0.3) is 0 Å². The van der Waals surface area contributed by atoms with Gasteiger partial charge in [0.25, 0.3) is 0 Å². The Morgan fingerprint density at radius 2 is 0.967 bits per heavy atom. The Labute approximate surface area is 203 Å². The number of benzene rings is 1. The number of rotatable bonds is 16. The summed E-state index contributed by atoms with van der Waals surface area (Å²) in [7, 11) is 0. The molecule has 4 heteroatoms. The molecule has 0 N–H and O–H groups in total. The third-order valence-electron chi connectivity index (χ3n) is 5.68. The molecular formula is C26H44Br2O2. The van der Waals surface area contributed by atoms with Crippen molar-refractivity contribution in [3.63, 3.8) is 0 Å². The minimum Gasteiger partial charge on any atom is -0.492 e. The molecule has 0 fully saturated rings. The predicted octanol–water partition coefficient (Wildman–Crippen LogP) is 9.67. The highest BCUT2D eigenvalue weighted by Gasteiger charge is 2.11. The van der Waals surface area contributed by atoms with E-state index in [9.17, 15) is 0 Å². The van der Waals surface area contributed by atoms with Crippen LogP contribution < -0.4 is 9.47 Å². The molecule has 0 bridgehead atoms. The summed E-state index contributed by atoms with van der Waals surface area (Å²) in [6.07, 6.45) is 10.0. The van der Waals surface area contributed by atoms with E-state index >= 15 is 0 Å². The van der Waals surface area contributed by atoms with E-state index in [4.69, 9.17) is 9.47 Å². The molecule has 0 heterocycles. The summed E-state index contributed by atoms with van der Waals surface area (Å²) < 4.78 is 14.0. The molecule has 0 saturated heterocycles. The second-order valence-corrected chi connectivity index (χ2v) is 11.6. The van der Waals surface area contributed by atoms with Crippen LogP contribution in [-0.2, 0) is 0 Å². The van der Waals surface area contributed by atoms with Crippen LogP contribution in [0.3, 0.4) is 0 Å². The molecule has 0 spiro atoms. The van der Waals surface area contributed by atoms with Gasteiger partial charge in [0, 0.05) is 0 Å². The van der Waals surface area contributed by atoms with Crippen molar-refractivity contribution >= 4 is 31.9 Å². The fourth-order valence-corrected chi connectivity index (χ4v) is 4.38. The highest BCUT2D eigenvalue weighted by Crippen LogP contribution is 2.36. The minimum absolute atomic E-state index is 0.705. The average molecular weight is 548 g/mol. The van der Waals surface area contributed by atoms with Crippen LogP contribution in [0.1, 0.15) is 92.9 Å². The SMILES string of the molecule is CC(C)CCC[C@H](C)CCOc1cc(Br)c(OCC[C@@H](C)CCCC(C)C)cc1Br. The minimum atomic E-state index is 0.705. The smallest absolute Gasteiger partial charge is 0.134 e.